The molecule has 0 aromatic carbocycles. The second-order valence-electron chi connectivity index (χ2n) is 7.67. The Bertz CT molecular complexity index is 1140. The van der Waals surface area contributed by atoms with Crippen LogP contribution in [0, 0.1) is 0 Å². The molecule has 0 aliphatic heterocycles. The van der Waals surface area contributed by atoms with Crippen LogP contribution in [0.25, 0.3) is 22.1 Å². The van der Waals surface area contributed by atoms with Gasteiger partial charge in [-0.3, -0.25) is 0 Å². The van der Waals surface area contributed by atoms with Gasteiger partial charge in [-0.25, -0.2) is 23.1 Å². The van der Waals surface area contributed by atoms with Gasteiger partial charge in [0, 0.05) is 17.1 Å². The lowest BCUT2D eigenvalue weighted by Crippen LogP contribution is -2.78. The molecule has 27 heavy (non-hydrogen) atoms. The molecule has 11 heteroatoms. The van der Waals surface area contributed by atoms with E-state index in [2.05, 4.69) is 24.2 Å². The van der Waals surface area contributed by atoms with Crippen LogP contribution in [-0.2, 0) is 15.6 Å². The summed E-state index contributed by atoms with van der Waals surface area (Å²) in [5.41, 5.74) is 1.57. The third kappa shape index (κ3) is 2.55. The molecule has 3 saturated carbocycles. The molecule has 2 bridgehead atoms. The molecule has 6 rings (SSSR count). The van der Waals surface area contributed by atoms with Gasteiger partial charge in [0.05, 0.1) is 35.8 Å². The first-order chi connectivity index (χ1) is 12.6. The van der Waals surface area contributed by atoms with Crippen LogP contribution in [0.1, 0.15) is 25.7 Å². The average Bonchev–Trinajstić information content (AvgIpc) is 3.12. The van der Waals surface area contributed by atoms with Crippen molar-refractivity contribution in [3.8, 4) is 0 Å². The molecular formula is C16H16F3N5O2S. The molecule has 3 aromatic heterocycles. The number of aromatic amines is 1. The summed E-state index contributed by atoms with van der Waals surface area (Å²) < 4.78 is 65.5. The van der Waals surface area contributed by atoms with Gasteiger partial charge in [0.2, 0.25) is 10.0 Å². The van der Waals surface area contributed by atoms with Crippen LogP contribution in [-0.4, -0.2) is 45.4 Å². The Labute approximate surface area is 152 Å². The molecule has 3 fully saturated rings. The van der Waals surface area contributed by atoms with Crippen molar-refractivity contribution < 1.29 is 21.6 Å². The predicted molar refractivity (Wildman–Crippen MR) is 91.5 cm³/mol. The molecule has 0 atom stereocenters. The van der Waals surface area contributed by atoms with E-state index in [9.17, 15) is 21.6 Å². The molecule has 0 spiro atoms. The molecule has 3 heterocycles. The van der Waals surface area contributed by atoms with Crippen molar-refractivity contribution in [1.29, 1.82) is 0 Å². The van der Waals surface area contributed by atoms with Crippen molar-refractivity contribution in [2.24, 2.45) is 0 Å². The van der Waals surface area contributed by atoms with Crippen molar-refractivity contribution >= 4 is 32.1 Å². The third-order valence-electron chi connectivity index (χ3n) is 5.63. The van der Waals surface area contributed by atoms with Crippen LogP contribution in [0.3, 0.4) is 0 Å². The molecule has 0 radical (unpaired) electrons. The number of sulfonamides is 1. The number of fused-ring (bicyclic) bond motifs is 3. The molecule has 3 aliphatic carbocycles. The fourth-order valence-electron chi connectivity index (χ4n) is 4.60. The molecule has 3 aliphatic rings. The Kier molecular flexibility index (Phi) is 3.16. The number of pyridine rings is 1. The Morgan fingerprint density at radius 2 is 2.00 bits per heavy atom. The van der Waals surface area contributed by atoms with Gasteiger partial charge in [0.25, 0.3) is 0 Å². The van der Waals surface area contributed by atoms with E-state index in [1.54, 1.807) is 18.7 Å². The first kappa shape index (κ1) is 17.0. The zero-order valence-electron chi connectivity index (χ0n) is 14.0. The van der Waals surface area contributed by atoms with Crippen LogP contribution in [0.5, 0.6) is 0 Å². The number of hydrogen-bond acceptors (Lipinski definition) is 4. The minimum absolute atomic E-state index is 0.243. The first-order valence-electron chi connectivity index (χ1n) is 8.49. The van der Waals surface area contributed by atoms with Crippen LogP contribution in [0.4, 0.5) is 13.2 Å². The molecule has 0 saturated heterocycles. The Hall–Kier alpha value is -2.14. The number of nitrogens with one attached hydrogen (secondary N) is 2. The Morgan fingerprint density at radius 1 is 1.26 bits per heavy atom. The molecule has 0 unspecified atom stereocenters. The number of halogens is 3. The van der Waals surface area contributed by atoms with Crippen molar-refractivity contribution in [2.75, 3.05) is 5.75 Å². The van der Waals surface area contributed by atoms with Gasteiger partial charge in [0.1, 0.15) is 11.2 Å². The number of rotatable bonds is 5. The maximum Gasteiger partial charge on any atom is 0.390 e. The van der Waals surface area contributed by atoms with E-state index in [0.717, 1.165) is 22.1 Å². The van der Waals surface area contributed by atoms with Crippen molar-refractivity contribution in [3.05, 3.63) is 24.8 Å². The summed E-state index contributed by atoms with van der Waals surface area (Å²) in [6.45, 7) is 0. The van der Waals surface area contributed by atoms with E-state index >= 15 is 0 Å². The summed E-state index contributed by atoms with van der Waals surface area (Å²) in [7, 11) is -3.97. The summed E-state index contributed by atoms with van der Waals surface area (Å²) in [4.78, 5) is 11.8. The third-order valence-corrected chi connectivity index (χ3v) is 7.12. The normalized spacial score (nSPS) is 27.7. The van der Waals surface area contributed by atoms with Crippen molar-refractivity contribution in [3.63, 3.8) is 0 Å². The van der Waals surface area contributed by atoms with Gasteiger partial charge in [-0.2, -0.15) is 13.2 Å². The standard InChI is InChI=1S/C16H16F3N5O2S/c17-16(18,19)2-4-27(25,26)23-14-6-15(7-14,8-14)24-9-22-11-5-21-13-10(12(11)24)1-3-20-13/h1,3,5,9,23H,2,4,6-8H2,(H,20,21). The number of aromatic nitrogens is 4. The minimum Gasteiger partial charge on any atom is -0.346 e. The largest absolute Gasteiger partial charge is 0.390 e. The number of hydrogen-bond donors (Lipinski definition) is 2. The number of nitrogens with zero attached hydrogens (tertiary/aromatic N) is 3. The van der Waals surface area contributed by atoms with Gasteiger partial charge in [0.15, 0.2) is 0 Å². The maximum absolute atomic E-state index is 12.3. The molecule has 7 nitrogen and oxygen atoms in total. The van der Waals surface area contributed by atoms with Gasteiger partial charge < -0.3 is 9.55 Å². The van der Waals surface area contributed by atoms with E-state index < -0.39 is 33.9 Å². The van der Waals surface area contributed by atoms with E-state index in [4.69, 9.17) is 0 Å². The van der Waals surface area contributed by atoms with Gasteiger partial charge >= 0.3 is 6.18 Å². The fourth-order valence-corrected chi connectivity index (χ4v) is 6.08. The summed E-state index contributed by atoms with van der Waals surface area (Å²) in [6.07, 6.45) is 1.04. The summed E-state index contributed by atoms with van der Waals surface area (Å²) in [5, 5.41) is 0.939. The van der Waals surface area contributed by atoms with Gasteiger partial charge in [-0.1, -0.05) is 0 Å². The lowest BCUT2D eigenvalue weighted by Gasteiger charge is -2.70. The molecule has 144 valence electrons. The van der Waals surface area contributed by atoms with Gasteiger partial charge in [-0.15, -0.1) is 0 Å². The highest BCUT2D eigenvalue weighted by molar-refractivity contribution is 7.89. The number of imidazole rings is 1. The van der Waals surface area contributed by atoms with E-state index in [0.29, 0.717) is 19.3 Å². The van der Waals surface area contributed by atoms with E-state index in [1.165, 1.54) is 0 Å². The van der Waals surface area contributed by atoms with Gasteiger partial charge in [-0.05, 0) is 25.3 Å². The van der Waals surface area contributed by atoms with E-state index in [-0.39, 0.29) is 5.54 Å². The number of H-pyrrole nitrogens is 1. The van der Waals surface area contributed by atoms with Crippen molar-refractivity contribution in [1.82, 2.24) is 24.2 Å². The smallest absolute Gasteiger partial charge is 0.346 e. The fraction of sp³-hybridized carbons (Fsp3) is 0.500. The summed E-state index contributed by atoms with van der Waals surface area (Å²) in [5.74, 6) is -0.936. The highest BCUT2D eigenvalue weighted by atomic mass is 32.2. The van der Waals surface area contributed by atoms with Crippen LogP contribution >= 0.6 is 0 Å². The predicted octanol–water partition coefficient (Wildman–Crippen LogP) is 2.42. The van der Waals surface area contributed by atoms with Crippen molar-refractivity contribution in [2.45, 2.75) is 42.9 Å². The highest BCUT2D eigenvalue weighted by Gasteiger charge is 2.70. The lowest BCUT2D eigenvalue weighted by atomic mass is 9.44. The second-order valence-corrected chi connectivity index (χ2v) is 9.51. The highest BCUT2D eigenvalue weighted by Crippen LogP contribution is 2.66. The Balaban J connectivity index is 1.37. The monoisotopic (exact) mass is 399 g/mol. The molecular weight excluding hydrogens is 383 g/mol. The molecule has 0 amide bonds. The summed E-state index contributed by atoms with van der Waals surface area (Å²) >= 11 is 0. The zero-order chi connectivity index (χ0) is 19.1. The first-order valence-corrected chi connectivity index (χ1v) is 10.1. The zero-order valence-corrected chi connectivity index (χ0v) is 14.9. The lowest BCUT2D eigenvalue weighted by molar-refractivity contribution is -0.131. The minimum atomic E-state index is -4.49. The second kappa shape index (κ2) is 5.02. The average molecular weight is 399 g/mol. The van der Waals surface area contributed by atoms with Crippen LogP contribution in [0.15, 0.2) is 24.8 Å². The molecule has 3 aromatic rings. The molecule has 2 N–H and O–H groups in total. The summed E-state index contributed by atoms with van der Waals surface area (Å²) in [6, 6.07) is 1.92. The number of alkyl halides is 3. The topological polar surface area (TPSA) is 92.7 Å². The SMILES string of the molecule is O=S(=O)(CCC(F)(F)F)NC12CC(n3cnc4cnc5[nH]ccc5c43)(C1)C2. The van der Waals surface area contributed by atoms with Crippen LogP contribution in [0.2, 0.25) is 0 Å². The van der Waals surface area contributed by atoms with Crippen LogP contribution < -0.4 is 4.72 Å². The maximum atomic E-state index is 12.3. The van der Waals surface area contributed by atoms with E-state index in [1.807, 2.05) is 6.07 Å². The Morgan fingerprint density at radius 3 is 2.70 bits per heavy atom. The quantitative estimate of drug-likeness (QED) is 0.689.